The molecule has 0 unspecified atom stereocenters. The van der Waals surface area contributed by atoms with Crippen LogP contribution in [0.25, 0.3) is 0 Å². The molecule has 2 amide bonds. The van der Waals surface area contributed by atoms with E-state index in [1.54, 1.807) is 48.5 Å². The van der Waals surface area contributed by atoms with E-state index in [2.05, 4.69) is 5.32 Å². The van der Waals surface area contributed by atoms with Gasteiger partial charge in [-0.15, -0.1) is 0 Å². The highest BCUT2D eigenvalue weighted by Crippen LogP contribution is 2.34. The van der Waals surface area contributed by atoms with E-state index in [1.807, 2.05) is 37.3 Å². The van der Waals surface area contributed by atoms with E-state index in [0.29, 0.717) is 28.6 Å². The maximum absolute atomic E-state index is 14.0. The van der Waals surface area contributed by atoms with Crippen molar-refractivity contribution in [2.24, 2.45) is 0 Å². The molecule has 11 heteroatoms. The lowest BCUT2D eigenvalue weighted by Crippen LogP contribution is -2.52. The van der Waals surface area contributed by atoms with Crippen LogP contribution in [-0.4, -0.2) is 43.7 Å². The number of amides is 2. The second kappa shape index (κ2) is 13.2. The minimum absolute atomic E-state index is 0.0385. The molecule has 222 valence electrons. The van der Waals surface area contributed by atoms with Gasteiger partial charge in [-0.1, -0.05) is 89.4 Å². The van der Waals surface area contributed by atoms with Crippen molar-refractivity contribution < 1.29 is 22.7 Å². The number of fused-ring (bicyclic) bond motifs is 1. The Kier molecular flexibility index (Phi) is 9.37. The van der Waals surface area contributed by atoms with Crippen LogP contribution in [0.2, 0.25) is 10.0 Å². The minimum atomic E-state index is -4.14. The van der Waals surface area contributed by atoms with Crippen LogP contribution in [0, 0.1) is 6.92 Å². The summed E-state index contributed by atoms with van der Waals surface area (Å²) in [6.07, 6.45) is -1.00. The number of carbonyl (C=O) groups is 2. The molecule has 0 aromatic heterocycles. The van der Waals surface area contributed by atoms with Crippen molar-refractivity contribution in [3.05, 3.63) is 124 Å². The first-order valence-electron chi connectivity index (χ1n) is 13.5. The Balaban J connectivity index is 1.42. The smallest absolute Gasteiger partial charge is 0.263 e. The summed E-state index contributed by atoms with van der Waals surface area (Å²) >= 11 is 12.5. The maximum Gasteiger partial charge on any atom is 0.263 e. The number of rotatable bonds is 9. The average Bonchev–Trinajstić information content (AvgIpc) is 3.00. The van der Waals surface area contributed by atoms with E-state index < -0.39 is 34.5 Å². The van der Waals surface area contributed by atoms with Crippen molar-refractivity contribution >= 4 is 50.7 Å². The number of hydrogen-bond donors (Lipinski definition) is 1. The summed E-state index contributed by atoms with van der Waals surface area (Å²) in [6, 6.07) is 27.4. The third-order valence-corrected chi connectivity index (χ3v) is 9.40. The van der Waals surface area contributed by atoms with Crippen molar-refractivity contribution in [1.82, 2.24) is 9.62 Å². The van der Waals surface area contributed by atoms with Gasteiger partial charge in [0.15, 0.2) is 6.10 Å². The normalized spacial score (nSPS) is 14.6. The maximum atomic E-state index is 14.0. The number of hydrogen-bond acceptors (Lipinski definition) is 5. The highest BCUT2D eigenvalue weighted by molar-refractivity contribution is 7.89. The van der Waals surface area contributed by atoms with E-state index in [0.717, 1.165) is 15.4 Å². The second-order valence-electron chi connectivity index (χ2n) is 10.1. The molecule has 0 aliphatic carbocycles. The number of anilines is 1. The molecule has 0 saturated heterocycles. The average molecular weight is 639 g/mol. The zero-order chi connectivity index (χ0) is 30.6. The number of halogens is 2. The largest absolute Gasteiger partial charge is 0.477 e. The van der Waals surface area contributed by atoms with Gasteiger partial charge in [0.2, 0.25) is 15.9 Å². The molecule has 1 N–H and O–H groups in total. The zero-order valence-electron chi connectivity index (χ0n) is 23.2. The highest BCUT2D eigenvalue weighted by Gasteiger charge is 2.36. The van der Waals surface area contributed by atoms with Crippen LogP contribution in [0.5, 0.6) is 5.75 Å². The first-order valence-corrected chi connectivity index (χ1v) is 15.7. The molecule has 0 radical (unpaired) electrons. The molecule has 1 atom stereocenters. The predicted octanol–water partition coefficient (Wildman–Crippen LogP) is 5.60. The van der Waals surface area contributed by atoms with Crippen molar-refractivity contribution in [1.29, 1.82) is 0 Å². The summed E-state index contributed by atoms with van der Waals surface area (Å²) in [5, 5.41) is 3.54. The SMILES string of the molecule is Cc1ccc(S(=O)(=O)N(CC(=O)N2C[C@H](C(=O)NCc3ccccc3)Oc3ccccc32)Cc2ccc(Cl)cc2Cl)cc1. The van der Waals surface area contributed by atoms with Gasteiger partial charge in [0.25, 0.3) is 5.91 Å². The number of sulfonamides is 1. The van der Waals surface area contributed by atoms with Crippen molar-refractivity contribution in [2.75, 3.05) is 18.0 Å². The third kappa shape index (κ3) is 7.19. The van der Waals surface area contributed by atoms with Gasteiger partial charge in [-0.25, -0.2) is 8.42 Å². The van der Waals surface area contributed by atoms with Crippen LogP contribution in [0.4, 0.5) is 5.69 Å². The lowest BCUT2D eigenvalue weighted by atomic mass is 10.1. The van der Waals surface area contributed by atoms with Gasteiger partial charge in [0, 0.05) is 23.1 Å². The van der Waals surface area contributed by atoms with Crippen LogP contribution in [-0.2, 0) is 32.7 Å². The number of nitrogens with one attached hydrogen (secondary N) is 1. The number of aryl methyl sites for hydroxylation is 1. The fraction of sp³-hybridized carbons (Fsp3) is 0.188. The van der Waals surface area contributed by atoms with E-state index in [1.165, 1.54) is 23.1 Å². The first kappa shape index (κ1) is 30.6. The monoisotopic (exact) mass is 637 g/mol. The Morgan fingerprint density at radius 3 is 2.37 bits per heavy atom. The van der Waals surface area contributed by atoms with E-state index in [4.69, 9.17) is 27.9 Å². The number of ether oxygens (including phenoxy) is 1. The summed E-state index contributed by atoms with van der Waals surface area (Å²) in [7, 11) is -4.14. The Labute approximate surface area is 260 Å². The van der Waals surface area contributed by atoms with Gasteiger partial charge in [-0.05, 0) is 54.4 Å². The van der Waals surface area contributed by atoms with E-state index in [9.17, 15) is 18.0 Å². The van der Waals surface area contributed by atoms with E-state index in [-0.39, 0.29) is 23.0 Å². The van der Waals surface area contributed by atoms with Crippen LogP contribution in [0.15, 0.2) is 102 Å². The molecular weight excluding hydrogens is 609 g/mol. The molecule has 1 aliphatic rings. The number of para-hydroxylation sites is 2. The fourth-order valence-corrected chi connectivity index (χ4v) is 6.50. The molecule has 5 rings (SSSR count). The Morgan fingerprint density at radius 1 is 0.953 bits per heavy atom. The summed E-state index contributed by atoms with van der Waals surface area (Å²) in [5.41, 5.74) is 2.73. The first-order chi connectivity index (χ1) is 20.6. The summed E-state index contributed by atoms with van der Waals surface area (Å²) < 4.78 is 34.8. The number of benzene rings is 4. The summed E-state index contributed by atoms with van der Waals surface area (Å²) in [5.74, 6) is -0.582. The topological polar surface area (TPSA) is 96.0 Å². The van der Waals surface area contributed by atoms with Crippen molar-refractivity contribution in [3.63, 3.8) is 0 Å². The summed E-state index contributed by atoms with van der Waals surface area (Å²) in [6.45, 7) is 1.36. The Bertz CT molecular complexity index is 1730. The van der Waals surface area contributed by atoms with Gasteiger partial charge < -0.3 is 15.0 Å². The zero-order valence-corrected chi connectivity index (χ0v) is 25.6. The molecule has 1 heterocycles. The Morgan fingerprint density at radius 2 is 1.65 bits per heavy atom. The Hall–Kier alpha value is -3.89. The second-order valence-corrected chi connectivity index (χ2v) is 12.9. The number of nitrogens with zero attached hydrogens (tertiary/aromatic N) is 2. The van der Waals surface area contributed by atoms with Crippen molar-refractivity contribution in [3.8, 4) is 5.75 Å². The summed E-state index contributed by atoms with van der Waals surface area (Å²) in [4.78, 5) is 28.5. The molecular formula is C32H29Cl2N3O5S. The molecule has 0 fully saturated rings. The molecule has 4 aromatic rings. The molecule has 8 nitrogen and oxygen atoms in total. The molecule has 0 bridgehead atoms. The lowest BCUT2D eigenvalue weighted by Gasteiger charge is -2.35. The van der Waals surface area contributed by atoms with Crippen LogP contribution >= 0.6 is 23.2 Å². The van der Waals surface area contributed by atoms with Gasteiger partial charge in [0.1, 0.15) is 5.75 Å². The molecule has 43 heavy (non-hydrogen) atoms. The van der Waals surface area contributed by atoms with Crippen LogP contribution in [0.3, 0.4) is 0 Å². The van der Waals surface area contributed by atoms with Gasteiger partial charge in [0.05, 0.1) is 23.7 Å². The van der Waals surface area contributed by atoms with Crippen LogP contribution < -0.4 is 15.0 Å². The predicted molar refractivity (Wildman–Crippen MR) is 167 cm³/mol. The lowest BCUT2D eigenvalue weighted by molar-refractivity contribution is -0.128. The standard InChI is InChI=1S/C32H29Cl2N3O5S/c1-22-11-15-26(16-12-22)43(40,41)36(19-24-13-14-25(33)17-27(24)34)21-31(38)37-20-30(42-29-10-6-5-9-28(29)37)32(39)35-18-23-7-3-2-4-8-23/h2-17,30H,18-21H2,1H3,(H,35,39)/t30-/m1/s1. The molecule has 1 aliphatic heterocycles. The van der Waals surface area contributed by atoms with Gasteiger partial charge in [-0.2, -0.15) is 4.31 Å². The minimum Gasteiger partial charge on any atom is -0.477 e. The van der Waals surface area contributed by atoms with E-state index >= 15 is 0 Å². The molecule has 0 spiro atoms. The number of carbonyl (C=O) groups excluding carboxylic acids is 2. The van der Waals surface area contributed by atoms with Crippen molar-refractivity contribution in [2.45, 2.75) is 31.0 Å². The van der Waals surface area contributed by atoms with Crippen LogP contribution in [0.1, 0.15) is 16.7 Å². The fourth-order valence-electron chi connectivity index (χ4n) is 4.67. The van der Waals surface area contributed by atoms with Gasteiger partial charge in [-0.3, -0.25) is 9.59 Å². The third-order valence-electron chi connectivity index (χ3n) is 7.01. The molecule has 0 saturated carbocycles. The van der Waals surface area contributed by atoms with Gasteiger partial charge >= 0.3 is 0 Å². The highest BCUT2D eigenvalue weighted by atomic mass is 35.5. The molecule has 4 aromatic carbocycles. The quantitative estimate of drug-likeness (QED) is 0.258.